The van der Waals surface area contributed by atoms with Crippen LogP contribution >= 0.6 is 0 Å². The Morgan fingerprint density at radius 2 is 1.86 bits per heavy atom. The molecule has 0 saturated carbocycles. The molecule has 2 aromatic rings. The summed E-state index contributed by atoms with van der Waals surface area (Å²) in [6, 6.07) is 11.3. The van der Waals surface area contributed by atoms with Crippen molar-refractivity contribution in [3.8, 4) is 5.75 Å². The van der Waals surface area contributed by atoms with E-state index in [1.807, 2.05) is 0 Å². The zero-order valence-electron chi connectivity index (χ0n) is 11.6. The smallest absolute Gasteiger partial charge is 0.338 e. The van der Waals surface area contributed by atoms with Gasteiger partial charge in [-0.25, -0.2) is 9.18 Å². The highest BCUT2D eigenvalue weighted by atomic mass is 19.1. The molecule has 0 bridgehead atoms. The molecule has 0 aromatic heterocycles. The minimum Gasteiger partial charge on any atom is -0.508 e. The topological polar surface area (TPSA) is 75.6 Å². The molecule has 0 heterocycles. The number of benzene rings is 2. The van der Waals surface area contributed by atoms with Gasteiger partial charge in [0.1, 0.15) is 11.6 Å². The third kappa shape index (κ3) is 4.59. The molecule has 0 unspecified atom stereocenters. The summed E-state index contributed by atoms with van der Waals surface area (Å²) in [4.78, 5) is 23.2. The van der Waals surface area contributed by atoms with E-state index in [9.17, 15) is 19.1 Å². The number of aromatic hydroxyl groups is 1. The molecule has 0 aliphatic carbocycles. The summed E-state index contributed by atoms with van der Waals surface area (Å²) < 4.78 is 17.6. The average molecular weight is 303 g/mol. The number of phenols is 1. The van der Waals surface area contributed by atoms with Crippen molar-refractivity contribution in [3.05, 3.63) is 65.5 Å². The van der Waals surface area contributed by atoms with Gasteiger partial charge in [0.15, 0.2) is 6.61 Å². The Morgan fingerprint density at radius 3 is 2.55 bits per heavy atom. The van der Waals surface area contributed by atoms with E-state index in [-0.39, 0.29) is 23.7 Å². The van der Waals surface area contributed by atoms with Crippen LogP contribution < -0.4 is 5.32 Å². The van der Waals surface area contributed by atoms with E-state index >= 15 is 0 Å². The van der Waals surface area contributed by atoms with Crippen molar-refractivity contribution in [3.63, 3.8) is 0 Å². The van der Waals surface area contributed by atoms with Gasteiger partial charge >= 0.3 is 5.97 Å². The monoisotopic (exact) mass is 303 g/mol. The van der Waals surface area contributed by atoms with E-state index in [1.165, 1.54) is 36.4 Å². The molecule has 2 N–H and O–H groups in total. The largest absolute Gasteiger partial charge is 0.508 e. The van der Waals surface area contributed by atoms with Crippen molar-refractivity contribution in [1.82, 2.24) is 5.32 Å². The minimum absolute atomic E-state index is 0.0600. The van der Waals surface area contributed by atoms with Crippen LogP contribution in [0.5, 0.6) is 5.75 Å². The fourth-order valence-electron chi connectivity index (χ4n) is 1.70. The molecular formula is C16H14FNO4. The molecule has 0 atom stereocenters. The molecule has 5 nitrogen and oxygen atoms in total. The van der Waals surface area contributed by atoms with Gasteiger partial charge in [-0.1, -0.05) is 18.2 Å². The summed E-state index contributed by atoms with van der Waals surface area (Å²) in [6.07, 6.45) is 0. The first-order valence-corrected chi connectivity index (χ1v) is 6.52. The summed E-state index contributed by atoms with van der Waals surface area (Å²) in [6.45, 7) is -0.224. The third-order valence-electron chi connectivity index (χ3n) is 2.82. The second-order valence-corrected chi connectivity index (χ2v) is 4.53. The lowest BCUT2D eigenvalue weighted by molar-refractivity contribution is -0.124. The van der Waals surface area contributed by atoms with E-state index in [1.54, 1.807) is 12.1 Å². The summed E-state index contributed by atoms with van der Waals surface area (Å²) in [7, 11) is 0. The van der Waals surface area contributed by atoms with E-state index in [4.69, 9.17) is 4.74 Å². The fourth-order valence-corrected chi connectivity index (χ4v) is 1.70. The van der Waals surface area contributed by atoms with Crippen molar-refractivity contribution in [1.29, 1.82) is 0 Å². The predicted molar refractivity (Wildman–Crippen MR) is 76.6 cm³/mol. The molecular weight excluding hydrogens is 289 g/mol. The second kappa shape index (κ2) is 7.21. The van der Waals surface area contributed by atoms with E-state index < -0.39 is 18.5 Å². The first-order valence-electron chi connectivity index (χ1n) is 6.52. The summed E-state index contributed by atoms with van der Waals surface area (Å²) in [5.41, 5.74) is 0.889. The van der Waals surface area contributed by atoms with Crippen LogP contribution in [0.15, 0.2) is 48.5 Å². The average Bonchev–Trinajstić information content (AvgIpc) is 2.52. The maximum atomic E-state index is 12.7. The van der Waals surface area contributed by atoms with Crippen LogP contribution in [0, 0.1) is 5.82 Å². The number of rotatable bonds is 5. The first kappa shape index (κ1) is 15.5. The van der Waals surface area contributed by atoms with Crippen LogP contribution in [-0.4, -0.2) is 23.6 Å². The number of carbonyl (C=O) groups excluding carboxylic acids is 2. The van der Waals surface area contributed by atoms with Gasteiger partial charge in [0.2, 0.25) is 0 Å². The second-order valence-electron chi connectivity index (χ2n) is 4.53. The Labute approximate surface area is 126 Å². The SMILES string of the molecule is O=C(COC(=O)c1cccc(O)c1)NCc1ccc(F)cc1. The molecule has 0 fully saturated rings. The summed E-state index contributed by atoms with van der Waals surface area (Å²) in [5, 5.41) is 11.8. The van der Waals surface area contributed by atoms with Gasteiger partial charge in [-0.2, -0.15) is 0 Å². The zero-order valence-corrected chi connectivity index (χ0v) is 11.6. The van der Waals surface area contributed by atoms with Crippen molar-refractivity contribution >= 4 is 11.9 Å². The predicted octanol–water partition coefficient (Wildman–Crippen LogP) is 2.00. The Morgan fingerprint density at radius 1 is 1.14 bits per heavy atom. The lowest BCUT2D eigenvalue weighted by Crippen LogP contribution is -2.28. The van der Waals surface area contributed by atoms with Crippen molar-refractivity contribution in [2.24, 2.45) is 0 Å². The van der Waals surface area contributed by atoms with Crippen molar-refractivity contribution in [2.45, 2.75) is 6.54 Å². The number of halogens is 1. The zero-order chi connectivity index (χ0) is 15.9. The van der Waals surface area contributed by atoms with Crippen LogP contribution in [-0.2, 0) is 16.1 Å². The van der Waals surface area contributed by atoms with Crippen molar-refractivity contribution in [2.75, 3.05) is 6.61 Å². The van der Waals surface area contributed by atoms with Crippen LogP contribution in [0.3, 0.4) is 0 Å². The molecule has 0 saturated heterocycles. The summed E-state index contributed by atoms with van der Waals surface area (Å²) in [5.74, 6) is -1.59. The van der Waals surface area contributed by atoms with Crippen molar-refractivity contribution < 1.29 is 23.8 Å². The number of ether oxygens (including phenoxy) is 1. The third-order valence-corrected chi connectivity index (χ3v) is 2.82. The van der Waals surface area contributed by atoms with Crippen LogP contribution in [0.4, 0.5) is 4.39 Å². The molecule has 114 valence electrons. The number of hydrogen-bond donors (Lipinski definition) is 2. The fraction of sp³-hybridized carbons (Fsp3) is 0.125. The van der Waals surface area contributed by atoms with E-state index in [0.717, 1.165) is 5.56 Å². The molecule has 22 heavy (non-hydrogen) atoms. The van der Waals surface area contributed by atoms with Gasteiger partial charge in [0.05, 0.1) is 5.56 Å². The van der Waals surface area contributed by atoms with E-state index in [2.05, 4.69) is 5.32 Å². The van der Waals surface area contributed by atoms with Crippen LogP contribution in [0.2, 0.25) is 0 Å². The number of nitrogens with one attached hydrogen (secondary N) is 1. The van der Waals surface area contributed by atoms with E-state index in [0.29, 0.717) is 0 Å². The van der Waals surface area contributed by atoms with Gasteiger partial charge in [0.25, 0.3) is 5.91 Å². The van der Waals surface area contributed by atoms with Gasteiger partial charge in [0, 0.05) is 6.54 Å². The first-order chi connectivity index (χ1) is 10.5. The molecule has 0 aliphatic rings. The number of phenolic OH excluding ortho intramolecular Hbond substituents is 1. The number of carbonyl (C=O) groups is 2. The number of amides is 1. The maximum Gasteiger partial charge on any atom is 0.338 e. The molecule has 2 aromatic carbocycles. The highest BCUT2D eigenvalue weighted by Crippen LogP contribution is 2.11. The quantitative estimate of drug-likeness (QED) is 0.828. The van der Waals surface area contributed by atoms with Crippen LogP contribution in [0.1, 0.15) is 15.9 Å². The number of esters is 1. The minimum atomic E-state index is -0.701. The van der Waals surface area contributed by atoms with Crippen LogP contribution in [0.25, 0.3) is 0 Å². The molecule has 0 aliphatic heterocycles. The molecule has 0 radical (unpaired) electrons. The lowest BCUT2D eigenvalue weighted by atomic mass is 10.2. The Hall–Kier alpha value is -2.89. The molecule has 1 amide bonds. The highest BCUT2D eigenvalue weighted by molar-refractivity contribution is 5.91. The van der Waals surface area contributed by atoms with Gasteiger partial charge in [-0.15, -0.1) is 0 Å². The molecule has 6 heteroatoms. The standard InChI is InChI=1S/C16H14FNO4/c17-13-6-4-11(5-7-13)9-18-15(20)10-22-16(21)12-2-1-3-14(19)8-12/h1-8,19H,9-10H2,(H,18,20). The normalized spacial score (nSPS) is 10.0. The summed E-state index contributed by atoms with van der Waals surface area (Å²) >= 11 is 0. The Balaban J connectivity index is 1.78. The molecule has 0 spiro atoms. The molecule has 2 rings (SSSR count). The lowest BCUT2D eigenvalue weighted by Gasteiger charge is -2.07. The van der Waals surface area contributed by atoms with Gasteiger partial charge in [-0.3, -0.25) is 4.79 Å². The Kier molecular flexibility index (Phi) is 5.08. The highest BCUT2D eigenvalue weighted by Gasteiger charge is 2.10. The van der Waals surface area contributed by atoms with Gasteiger partial charge < -0.3 is 15.2 Å². The Bertz CT molecular complexity index is 670. The number of hydrogen-bond acceptors (Lipinski definition) is 4. The van der Waals surface area contributed by atoms with Gasteiger partial charge in [-0.05, 0) is 35.9 Å². The maximum absolute atomic E-state index is 12.7.